The van der Waals surface area contributed by atoms with Gasteiger partial charge in [0.15, 0.2) is 5.78 Å². The van der Waals surface area contributed by atoms with Gasteiger partial charge in [-0.1, -0.05) is 71.6 Å². The number of Topliss-reactive ketones (excluding diaryl/α,β-unsaturated/α-hetero) is 2. The second kappa shape index (κ2) is 13.5. The second-order valence-corrected chi connectivity index (χ2v) is 6.69. The molecule has 0 aliphatic carbocycles. The first kappa shape index (κ1) is 23.2. The normalized spacial score (nSPS) is 15.0. The number of hydrogen-bond acceptors (Lipinski definition) is 5. The minimum absolute atomic E-state index is 0.0513. The van der Waals surface area contributed by atoms with Crippen molar-refractivity contribution in [1.29, 1.82) is 0 Å². The van der Waals surface area contributed by atoms with E-state index in [4.69, 9.17) is 0 Å². The van der Waals surface area contributed by atoms with E-state index in [1.165, 1.54) is 0 Å². The van der Waals surface area contributed by atoms with Crippen LogP contribution in [0.3, 0.4) is 0 Å². The van der Waals surface area contributed by atoms with Gasteiger partial charge in [-0.15, -0.1) is 0 Å². The third kappa shape index (κ3) is 8.36. The van der Waals surface area contributed by atoms with Crippen LogP contribution in [-0.2, 0) is 9.59 Å². The number of hydrogen-bond donors (Lipinski definition) is 3. The maximum Gasteiger partial charge on any atom is 0.207 e. The van der Waals surface area contributed by atoms with Crippen LogP contribution in [0.15, 0.2) is 0 Å². The van der Waals surface area contributed by atoms with E-state index in [0.717, 1.165) is 51.4 Å². The van der Waals surface area contributed by atoms with Crippen LogP contribution in [0.1, 0.15) is 90.9 Å². The zero-order valence-electron chi connectivity index (χ0n) is 15.4. The first-order valence-electron chi connectivity index (χ1n) is 9.52. The monoisotopic (exact) mass is 344 g/mol. The van der Waals surface area contributed by atoms with Crippen LogP contribution in [0.25, 0.3) is 0 Å². The predicted octanol–water partition coefficient (Wildman–Crippen LogP) is 2.93. The molecule has 0 amide bonds. The number of carbonyl (C=O) groups excluding carboxylic acids is 2. The largest absolute Gasteiger partial charge is 0.392 e. The average molecular weight is 344 g/mol. The van der Waals surface area contributed by atoms with E-state index in [9.17, 15) is 24.9 Å². The van der Waals surface area contributed by atoms with E-state index >= 15 is 0 Å². The summed E-state index contributed by atoms with van der Waals surface area (Å²) in [5.41, 5.74) is -2.45. The summed E-state index contributed by atoms with van der Waals surface area (Å²) in [4.78, 5) is 24.4. The van der Waals surface area contributed by atoms with Crippen molar-refractivity contribution in [2.24, 2.45) is 0 Å². The van der Waals surface area contributed by atoms with Crippen molar-refractivity contribution >= 4 is 11.6 Å². The van der Waals surface area contributed by atoms with Gasteiger partial charge in [0.1, 0.15) is 6.10 Å². The van der Waals surface area contributed by atoms with Gasteiger partial charge in [-0.2, -0.15) is 0 Å². The fourth-order valence-electron chi connectivity index (χ4n) is 2.75. The van der Waals surface area contributed by atoms with Crippen LogP contribution in [-0.4, -0.2) is 45.2 Å². The van der Waals surface area contributed by atoms with Crippen LogP contribution < -0.4 is 0 Å². The lowest BCUT2D eigenvalue weighted by molar-refractivity contribution is -0.161. The van der Waals surface area contributed by atoms with Gasteiger partial charge in [0, 0.05) is 6.42 Å². The Labute approximate surface area is 146 Å². The van der Waals surface area contributed by atoms with Crippen molar-refractivity contribution in [3.63, 3.8) is 0 Å². The molecule has 0 aliphatic rings. The molecule has 0 spiro atoms. The summed E-state index contributed by atoms with van der Waals surface area (Å²) in [6, 6.07) is 0. The van der Waals surface area contributed by atoms with Crippen LogP contribution in [0.5, 0.6) is 0 Å². The summed E-state index contributed by atoms with van der Waals surface area (Å²) >= 11 is 0. The molecule has 0 heterocycles. The van der Waals surface area contributed by atoms with Gasteiger partial charge in [-0.05, 0) is 12.8 Å². The summed E-state index contributed by atoms with van der Waals surface area (Å²) in [5.74, 6) is -1.64. The fraction of sp³-hybridized carbons (Fsp3) is 0.895. The van der Waals surface area contributed by atoms with Gasteiger partial charge in [-0.3, -0.25) is 9.59 Å². The number of aliphatic hydroxyl groups excluding tert-OH is 2. The first-order valence-corrected chi connectivity index (χ1v) is 9.52. The number of aliphatic hydroxyl groups is 3. The fourth-order valence-corrected chi connectivity index (χ4v) is 2.75. The van der Waals surface area contributed by atoms with Crippen LogP contribution >= 0.6 is 0 Å². The first-order chi connectivity index (χ1) is 11.4. The standard InChI is InChI=1S/C19H36O5/c1-3-5-7-9-11-13-16(21)18(23)19(24,15-20)17(22)14-12-10-8-6-4-2/h16,20-21,24H,3-15H2,1-2H3. The van der Waals surface area contributed by atoms with Crippen LogP contribution in [0.2, 0.25) is 0 Å². The van der Waals surface area contributed by atoms with Crippen LogP contribution in [0.4, 0.5) is 0 Å². The molecule has 24 heavy (non-hydrogen) atoms. The SMILES string of the molecule is CCCCCCCC(=O)C(O)(CO)C(=O)C(O)CCCCCCC. The molecule has 0 radical (unpaired) electrons. The number of unbranched alkanes of at least 4 members (excludes halogenated alkanes) is 8. The molecule has 3 N–H and O–H groups in total. The summed E-state index contributed by atoms with van der Waals surface area (Å²) in [7, 11) is 0. The molecular weight excluding hydrogens is 308 g/mol. The van der Waals surface area contributed by atoms with Crippen LogP contribution in [0, 0.1) is 0 Å². The minimum Gasteiger partial charge on any atom is -0.392 e. The van der Waals surface area contributed by atoms with E-state index in [0.29, 0.717) is 12.8 Å². The van der Waals surface area contributed by atoms with E-state index in [2.05, 4.69) is 13.8 Å². The van der Waals surface area contributed by atoms with Gasteiger partial charge in [-0.25, -0.2) is 0 Å². The highest BCUT2D eigenvalue weighted by Gasteiger charge is 2.44. The zero-order valence-corrected chi connectivity index (χ0v) is 15.4. The molecule has 0 rings (SSSR count). The molecule has 2 atom stereocenters. The molecule has 0 aromatic heterocycles. The van der Waals surface area contributed by atoms with Crippen molar-refractivity contribution in [3.05, 3.63) is 0 Å². The lowest BCUT2D eigenvalue weighted by Gasteiger charge is -2.25. The summed E-state index contributed by atoms with van der Waals surface area (Å²) in [6.07, 6.45) is 8.34. The smallest absolute Gasteiger partial charge is 0.207 e. The molecule has 0 aromatic carbocycles. The molecule has 0 saturated heterocycles. The highest BCUT2D eigenvalue weighted by Crippen LogP contribution is 2.18. The highest BCUT2D eigenvalue weighted by atomic mass is 16.4. The maximum atomic E-state index is 12.2. The maximum absolute atomic E-state index is 12.2. The Hall–Kier alpha value is -0.780. The number of ketones is 2. The highest BCUT2D eigenvalue weighted by molar-refractivity contribution is 6.11. The van der Waals surface area contributed by atoms with E-state index < -0.39 is 29.9 Å². The topological polar surface area (TPSA) is 94.8 Å². The van der Waals surface area contributed by atoms with Gasteiger partial charge >= 0.3 is 0 Å². The third-order valence-electron chi connectivity index (χ3n) is 4.49. The summed E-state index contributed by atoms with van der Waals surface area (Å²) in [6.45, 7) is 3.23. The van der Waals surface area contributed by atoms with Gasteiger partial charge in [0.2, 0.25) is 11.4 Å². The number of carbonyl (C=O) groups is 2. The van der Waals surface area contributed by atoms with E-state index in [1.807, 2.05) is 0 Å². The Bertz CT molecular complexity index is 356. The third-order valence-corrected chi connectivity index (χ3v) is 4.49. The molecular formula is C19H36O5. The second-order valence-electron chi connectivity index (χ2n) is 6.69. The molecule has 0 fully saturated rings. The van der Waals surface area contributed by atoms with Crippen molar-refractivity contribution in [2.45, 2.75) is 103 Å². The molecule has 142 valence electrons. The Kier molecular flexibility index (Phi) is 13.1. The molecule has 5 nitrogen and oxygen atoms in total. The van der Waals surface area contributed by atoms with Crippen molar-refractivity contribution in [1.82, 2.24) is 0 Å². The molecule has 0 saturated carbocycles. The van der Waals surface area contributed by atoms with Crippen molar-refractivity contribution in [3.8, 4) is 0 Å². The Morgan fingerprint density at radius 2 is 1.38 bits per heavy atom. The lowest BCUT2D eigenvalue weighted by atomic mass is 9.86. The van der Waals surface area contributed by atoms with Gasteiger partial charge < -0.3 is 15.3 Å². The molecule has 0 aliphatic heterocycles. The molecule has 0 aromatic rings. The van der Waals surface area contributed by atoms with Gasteiger partial charge in [0.05, 0.1) is 6.61 Å². The zero-order chi connectivity index (χ0) is 18.4. The Morgan fingerprint density at radius 3 is 1.88 bits per heavy atom. The average Bonchev–Trinajstić information content (AvgIpc) is 2.59. The molecule has 2 unspecified atom stereocenters. The minimum atomic E-state index is -2.45. The Balaban J connectivity index is 4.37. The van der Waals surface area contributed by atoms with Crippen molar-refractivity contribution in [2.75, 3.05) is 6.61 Å². The molecule has 5 heteroatoms. The number of rotatable bonds is 16. The summed E-state index contributed by atoms with van der Waals surface area (Å²) < 4.78 is 0. The van der Waals surface area contributed by atoms with Crippen molar-refractivity contribution < 1.29 is 24.9 Å². The van der Waals surface area contributed by atoms with E-state index in [-0.39, 0.29) is 12.8 Å². The summed E-state index contributed by atoms with van der Waals surface area (Å²) in [5, 5.41) is 29.6. The quantitative estimate of drug-likeness (QED) is 0.296. The van der Waals surface area contributed by atoms with E-state index in [1.54, 1.807) is 0 Å². The molecule has 0 bridgehead atoms. The lowest BCUT2D eigenvalue weighted by Crippen LogP contribution is -2.54. The predicted molar refractivity (Wildman–Crippen MR) is 94.8 cm³/mol. The Morgan fingerprint density at radius 1 is 0.875 bits per heavy atom. The van der Waals surface area contributed by atoms with Gasteiger partial charge in [0.25, 0.3) is 0 Å².